The van der Waals surface area contributed by atoms with Gasteiger partial charge in [0.25, 0.3) is 0 Å². The molecule has 0 saturated carbocycles. The van der Waals surface area contributed by atoms with Gasteiger partial charge in [-0.3, -0.25) is 0 Å². The fourth-order valence-electron chi connectivity index (χ4n) is 2.46. The second-order valence-electron chi connectivity index (χ2n) is 5.01. The van der Waals surface area contributed by atoms with Gasteiger partial charge in [0.05, 0.1) is 12.3 Å². The van der Waals surface area contributed by atoms with Crippen molar-refractivity contribution in [2.45, 2.75) is 33.2 Å². The van der Waals surface area contributed by atoms with Crippen molar-refractivity contribution in [1.29, 1.82) is 0 Å². The van der Waals surface area contributed by atoms with E-state index in [9.17, 15) is 4.39 Å². The molecule has 2 aromatic rings. The van der Waals surface area contributed by atoms with E-state index in [1.807, 2.05) is 19.9 Å². The van der Waals surface area contributed by atoms with Crippen molar-refractivity contribution in [3.05, 3.63) is 57.8 Å². The summed E-state index contributed by atoms with van der Waals surface area (Å²) < 4.78 is 19.6. The first-order valence-electron chi connectivity index (χ1n) is 6.77. The largest absolute Gasteiger partial charge is 0.453 e. The zero-order valence-electron chi connectivity index (χ0n) is 12.0. The van der Waals surface area contributed by atoms with Crippen LogP contribution in [0.3, 0.4) is 0 Å². The summed E-state index contributed by atoms with van der Waals surface area (Å²) in [6.45, 7) is 6.65. The smallest absolute Gasteiger partial charge is 0.198 e. The van der Waals surface area contributed by atoms with E-state index < -0.39 is 0 Å². The number of rotatable bonds is 5. The van der Waals surface area contributed by atoms with Crippen LogP contribution in [0, 0.1) is 19.7 Å². The topological polar surface area (TPSA) is 25.2 Å². The fourth-order valence-corrected chi connectivity index (χ4v) is 2.68. The van der Waals surface area contributed by atoms with E-state index in [1.165, 1.54) is 6.26 Å². The lowest BCUT2D eigenvalue weighted by Gasteiger charge is -2.21. The van der Waals surface area contributed by atoms with Crippen molar-refractivity contribution in [3.63, 3.8) is 0 Å². The number of hydrogen-bond donors (Lipinski definition) is 1. The van der Waals surface area contributed by atoms with Gasteiger partial charge in [0.2, 0.25) is 0 Å². The highest BCUT2D eigenvalue weighted by Gasteiger charge is 2.23. The second-order valence-corrected chi connectivity index (χ2v) is 5.36. The minimum atomic E-state index is -0.290. The maximum absolute atomic E-state index is 14.4. The van der Waals surface area contributed by atoms with Gasteiger partial charge in [0.1, 0.15) is 5.82 Å². The molecule has 108 valence electrons. The van der Waals surface area contributed by atoms with Crippen molar-refractivity contribution in [1.82, 2.24) is 5.32 Å². The third-order valence-corrected chi connectivity index (χ3v) is 3.63. The van der Waals surface area contributed by atoms with Gasteiger partial charge in [-0.2, -0.15) is 0 Å². The molecule has 4 heteroatoms. The normalized spacial score (nSPS) is 12.7. The van der Waals surface area contributed by atoms with Crippen LogP contribution in [-0.2, 0) is 0 Å². The molecule has 2 rings (SSSR count). The summed E-state index contributed by atoms with van der Waals surface area (Å²) in [7, 11) is 0. The Morgan fingerprint density at radius 3 is 2.65 bits per heavy atom. The Kier molecular flexibility index (Phi) is 4.84. The summed E-state index contributed by atoms with van der Waals surface area (Å²) >= 11 is 6.07. The molecular weight excluding hydrogens is 277 g/mol. The molecule has 0 aliphatic rings. The van der Waals surface area contributed by atoms with E-state index in [4.69, 9.17) is 16.0 Å². The summed E-state index contributed by atoms with van der Waals surface area (Å²) in [5, 5.41) is 3.65. The molecule has 1 aromatic carbocycles. The van der Waals surface area contributed by atoms with Gasteiger partial charge in [-0.05, 0) is 61.7 Å². The third kappa shape index (κ3) is 3.05. The van der Waals surface area contributed by atoms with Gasteiger partial charge >= 0.3 is 0 Å². The van der Waals surface area contributed by atoms with E-state index in [0.717, 1.165) is 29.7 Å². The maximum atomic E-state index is 14.4. The monoisotopic (exact) mass is 295 g/mol. The molecule has 1 aromatic heterocycles. The minimum Gasteiger partial charge on any atom is -0.453 e. The summed E-state index contributed by atoms with van der Waals surface area (Å²) in [6, 6.07) is 5.03. The molecule has 1 N–H and O–H groups in total. The Morgan fingerprint density at radius 1 is 1.35 bits per heavy atom. The highest BCUT2D eigenvalue weighted by Crippen LogP contribution is 2.33. The average Bonchev–Trinajstić information content (AvgIpc) is 2.78. The molecule has 2 nitrogen and oxygen atoms in total. The Labute approximate surface area is 123 Å². The summed E-state index contributed by atoms with van der Waals surface area (Å²) in [5.41, 5.74) is 3.22. The van der Waals surface area contributed by atoms with Gasteiger partial charge in [0.15, 0.2) is 5.22 Å². The van der Waals surface area contributed by atoms with Gasteiger partial charge in [0, 0.05) is 11.1 Å². The first-order chi connectivity index (χ1) is 9.54. The predicted molar refractivity (Wildman–Crippen MR) is 79.7 cm³/mol. The van der Waals surface area contributed by atoms with Crippen LogP contribution in [0.25, 0.3) is 0 Å². The predicted octanol–water partition coefficient (Wildman–Crippen LogP) is 4.78. The molecule has 1 unspecified atom stereocenters. The lowest BCUT2D eigenvalue weighted by Crippen LogP contribution is -2.25. The van der Waals surface area contributed by atoms with Crippen molar-refractivity contribution >= 4 is 11.6 Å². The Balaban J connectivity index is 2.50. The molecule has 0 spiro atoms. The summed E-state index contributed by atoms with van der Waals surface area (Å²) in [5.74, 6) is -0.214. The van der Waals surface area contributed by atoms with Crippen LogP contribution in [0.2, 0.25) is 5.22 Å². The Bertz CT molecular complexity index is 571. The molecule has 0 aliphatic heterocycles. The van der Waals surface area contributed by atoms with E-state index in [-0.39, 0.29) is 11.9 Å². The van der Waals surface area contributed by atoms with Crippen LogP contribution in [-0.4, -0.2) is 6.54 Å². The zero-order chi connectivity index (χ0) is 14.7. The van der Waals surface area contributed by atoms with Crippen molar-refractivity contribution in [3.8, 4) is 0 Å². The van der Waals surface area contributed by atoms with E-state index in [0.29, 0.717) is 10.8 Å². The van der Waals surface area contributed by atoms with Gasteiger partial charge in [-0.15, -0.1) is 0 Å². The maximum Gasteiger partial charge on any atom is 0.198 e. The number of aryl methyl sites for hydroxylation is 2. The first kappa shape index (κ1) is 15.1. The van der Waals surface area contributed by atoms with Crippen LogP contribution in [0.15, 0.2) is 28.9 Å². The average molecular weight is 296 g/mol. The summed E-state index contributed by atoms with van der Waals surface area (Å²) in [4.78, 5) is 0. The molecule has 0 radical (unpaired) electrons. The lowest BCUT2D eigenvalue weighted by molar-refractivity contribution is 0.529. The molecule has 0 amide bonds. The van der Waals surface area contributed by atoms with Gasteiger partial charge < -0.3 is 9.73 Å². The van der Waals surface area contributed by atoms with E-state index >= 15 is 0 Å². The number of furan rings is 1. The van der Waals surface area contributed by atoms with E-state index in [1.54, 1.807) is 12.1 Å². The molecule has 0 saturated heterocycles. The zero-order valence-corrected chi connectivity index (χ0v) is 12.7. The molecule has 20 heavy (non-hydrogen) atoms. The van der Waals surface area contributed by atoms with Crippen LogP contribution in [0.1, 0.15) is 41.6 Å². The number of hydrogen-bond acceptors (Lipinski definition) is 2. The highest BCUT2D eigenvalue weighted by atomic mass is 35.5. The molecule has 1 heterocycles. The SMILES string of the molecule is CCCNC(c1ccoc1Cl)c1c(C)cc(C)cc1F. The standard InChI is InChI=1S/C16H19ClFNO/c1-4-6-19-15(12-5-7-20-16(12)17)14-11(3)8-10(2)9-13(14)18/h5,7-9,15,19H,4,6H2,1-3H3. The highest BCUT2D eigenvalue weighted by molar-refractivity contribution is 6.29. The molecule has 0 aliphatic carbocycles. The van der Waals surface area contributed by atoms with Crippen molar-refractivity contribution in [2.24, 2.45) is 0 Å². The third-order valence-electron chi connectivity index (χ3n) is 3.32. The number of benzene rings is 1. The van der Waals surface area contributed by atoms with Gasteiger partial charge in [-0.25, -0.2) is 4.39 Å². The van der Waals surface area contributed by atoms with Crippen molar-refractivity contribution in [2.75, 3.05) is 6.54 Å². The Morgan fingerprint density at radius 2 is 2.10 bits per heavy atom. The lowest BCUT2D eigenvalue weighted by atomic mass is 9.94. The first-order valence-corrected chi connectivity index (χ1v) is 7.15. The van der Waals surface area contributed by atoms with Gasteiger partial charge in [-0.1, -0.05) is 13.0 Å². The molecular formula is C16H19ClFNO. The fraction of sp³-hybridized carbons (Fsp3) is 0.375. The number of nitrogens with one attached hydrogen (secondary N) is 1. The van der Waals surface area contributed by atoms with Crippen molar-refractivity contribution < 1.29 is 8.81 Å². The van der Waals surface area contributed by atoms with Crippen LogP contribution in [0.5, 0.6) is 0 Å². The molecule has 1 atom stereocenters. The van der Waals surface area contributed by atoms with E-state index in [2.05, 4.69) is 12.2 Å². The van der Waals surface area contributed by atoms with Crippen LogP contribution < -0.4 is 5.32 Å². The molecule has 0 bridgehead atoms. The minimum absolute atomic E-state index is 0.214. The van der Waals surface area contributed by atoms with Crippen LogP contribution in [0.4, 0.5) is 4.39 Å². The quantitative estimate of drug-likeness (QED) is 0.859. The second kappa shape index (κ2) is 6.42. The Hall–Kier alpha value is -1.32. The number of halogens is 2. The van der Waals surface area contributed by atoms with Crippen LogP contribution >= 0.6 is 11.6 Å². The summed E-state index contributed by atoms with van der Waals surface area (Å²) in [6.07, 6.45) is 2.48. The molecule has 0 fully saturated rings.